The number of rotatable bonds is 11. The first-order valence-corrected chi connectivity index (χ1v) is 33.8. The van der Waals surface area contributed by atoms with Gasteiger partial charge in [-0.3, -0.25) is 40.5 Å². The van der Waals surface area contributed by atoms with Crippen LogP contribution in [0.5, 0.6) is 17.2 Å². The van der Waals surface area contributed by atoms with Crippen LogP contribution in [0.3, 0.4) is 0 Å². The fourth-order valence-corrected chi connectivity index (χ4v) is 16.0. The number of carbonyl (C=O) groups excluding carboxylic acids is 1. The van der Waals surface area contributed by atoms with Crippen molar-refractivity contribution in [1.82, 2.24) is 0 Å². The summed E-state index contributed by atoms with van der Waals surface area (Å²) in [6, 6.07) is 76.0. The number of benzene rings is 11. The number of alkyl halides is 3. The van der Waals surface area contributed by atoms with Crippen LogP contribution in [0.4, 0.5) is 40.3 Å². The normalized spacial score (nSPS) is 10.8. The van der Waals surface area contributed by atoms with Gasteiger partial charge in [-0.05, 0) is 97.1 Å². The number of nitrogens with zero attached hydrogens (tertiary/aromatic N) is 4. The molecule has 11 aromatic carbocycles. The number of non-ortho nitro benzene ring substituents is 4. The second kappa shape index (κ2) is 35.0. The molecule has 0 saturated heterocycles. The third kappa shape index (κ3) is 19.8. The summed E-state index contributed by atoms with van der Waals surface area (Å²) in [4.78, 5) is 82.8. The summed E-state index contributed by atoms with van der Waals surface area (Å²) in [5.41, 5.74) is -6.42. The Bertz CT molecular complexity index is 5320. The second-order valence-electron chi connectivity index (χ2n) is 21.2. The number of hydrogen-bond acceptors (Lipinski definition) is 16. The predicted octanol–water partition coefficient (Wildman–Crippen LogP) is 17.1. The number of nitro benzene ring substituents is 4. The SMILES string of the molecule is Fc1cccc(-[s+]2c3ccccc3c3ccccc32)c1.O=C(O)c1cc([N+](=O)[O-])ccc1[O-].O=C(O)c1cc([N+](=O)[O-])ccc1[O-].O=C(O)c1ccc([N+](=O)[O-])cc1[O-].O=C([O-])c1ccc([N+](=O)[O-])cc1C(F)(F)F.c1ccc(-[s+]2ccc3ccccc32)cc1.c1ccc(-[s+]2ccc3ccccc32)cc1. The number of fused-ring (bicyclic) bond motifs is 5. The molecule has 530 valence electrons. The van der Waals surface area contributed by atoms with E-state index in [1.165, 1.54) is 56.2 Å². The highest BCUT2D eigenvalue weighted by Gasteiger charge is 2.35. The van der Waals surface area contributed by atoms with Gasteiger partial charge in [-0.1, -0.05) is 120 Å². The standard InChI is InChI=1S/C18H12FS.2C14H11S.C8H4F3NO4.3C7H5NO5/c19-13-6-5-7-14(12-13)20-17-10-3-1-8-15(17)16-9-2-4-11-18(16)20;2*1-2-7-13(8-3-1)15-11-10-12-6-4-5-9-14(12)15;9-8(10,11)6-3-4(12(15)16)1-2-5(6)7(13)14;2*9-6-2-1-4(8(12)13)3-5(6)7(10)11;9-6-3-4(8(12)13)1-2-5(6)7(10)11/h1-12H;2*1-11H;1-3H,(H,13,14);3*1-3,9H,(H,10,11)/q3*+1;;;;/p-4. The lowest BCUT2D eigenvalue weighted by Gasteiger charge is -2.12. The Morgan fingerprint density at radius 1 is 0.352 bits per heavy atom. The van der Waals surface area contributed by atoms with Gasteiger partial charge in [0.05, 0.1) is 47.9 Å². The Morgan fingerprint density at radius 2 is 0.705 bits per heavy atom. The molecular formula is C75H49F4N4O19S3-. The number of halogens is 4. The molecule has 14 rings (SSSR count). The molecule has 0 spiro atoms. The molecule has 14 aromatic rings. The molecule has 3 aromatic heterocycles. The molecule has 3 N–H and O–H groups in total. The zero-order chi connectivity index (χ0) is 76.2. The number of carbonyl (C=O) groups is 4. The van der Waals surface area contributed by atoms with Gasteiger partial charge in [0.15, 0.2) is 33.5 Å². The van der Waals surface area contributed by atoms with E-state index in [1.807, 2.05) is 6.07 Å². The van der Waals surface area contributed by atoms with Crippen LogP contribution in [0.15, 0.2) is 278 Å². The van der Waals surface area contributed by atoms with E-state index in [0.29, 0.717) is 18.2 Å². The molecular weight excluding hydrogens is 1430 g/mol. The summed E-state index contributed by atoms with van der Waals surface area (Å²) >= 11 is 0. The molecule has 2 unspecified atom stereocenters. The summed E-state index contributed by atoms with van der Waals surface area (Å²) in [5, 5.41) is 119. The zero-order valence-electron chi connectivity index (χ0n) is 53.5. The Balaban J connectivity index is 0.000000156. The molecule has 0 aliphatic carbocycles. The van der Waals surface area contributed by atoms with Crippen molar-refractivity contribution in [3.8, 4) is 31.9 Å². The Morgan fingerprint density at radius 3 is 1.09 bits per heavy atom. The molecule has 0 fully saturated rings. The molecule has 30 heteroatoms. The van der Waals surface area contributed by atoms with Gasteiger partial charge in [-0.25, -0.2) is 18.8 Å². The van der Waals surface area contributed by atoms with Crippen molar-refractivity contribution < 1.29 is 92.2 Å². The molecule has 23 nitrogen and oxygen atoms in total. The van der Waals surface area contributed by atoms with Gasteiger partial charge in [-0.2, -0.15) is 13.2 Å². The minimum absolute atomic E-state index is 0.154. The Kier molecular flexibility index (Phi) is 25.6. The summed E-state index contributed by atoms with van der Waals surface area (Å²) < 4.78 is 56.1. The quantitative estimate of drug-likeness (QED) is 0.0468. The number of carboxylic acids is 4. The molecule has 0 aliphatic heterocycles. The van der Waals surface area contributed by atoms with Crippen molar-refractivity contribution in [3.05, 3.63) is 352 Å². The lowest BCUT2D eigenvalue weighted by molar-refractivity contribution is -0.385. The number of thiophene rings is 3. The van der Waals surface area contributed by atoms with Crippen LogP contribution >= 0.6 is 31.4 Å². The smallest absolute Gasteiger partial charge is 0.417 e. The van der Waals surface area contributed by atoms with E-state index in [0.717, 1.165) is 53.4 Å². The Labute approximate surface area is 597 Å². The maximum Gasteiger partial charge on any atom is 0.417 e. The molecule has 3 heterocycles. The van der Waals surface area contributed by atoms with E-state index >= 15 is 0 Å². The highest BCUT2D eigenvalue weighted by atomic mass is 32.2. The molecule has 0 amide bonds. The maximum absolute atomic E-state index is 13.6. The van der Waals surface area contributed by atoms with Crippen LogP contribution in [-0.2, 0) is 6.18 Å². The molecule has 0 aliphatic rings. The van der Waals surface area contributed by atoms with Crippen molar-refractivity contribution in [2.75, 3.05) is 0 Å². The highest BCUT2D eigenvalue weighted by Crippen LogP contribution is 2.48. The van der Waals surface area contributed by atoms with E-state index < -0.39 is 118 Å². The third-order valence-electron chi connectivity index (χ3n) is 14.6. The van der Waals surface area contributed by atoms with Crippen LogP contribution in [0, 0.1) is 46.3 Å². The van der Waals surface area contributed by atoms with Crippen LogP contribution in [0.25, 0.3) is 55.0 Å². The summed E-state index contributed by atoms with van der Waals surface area (Å²) in [5.74, 6) is -8.86. The fourth-order valence-electron chi connectivity index (χ4n) is 9.77. The van der Waals surface area contributed by atoms with E-state index in [4.69, 9.17) is 15.3 Å². The largest absolute Gasteiger partial charge is 0.872 e. The van der Waals surface area contributed by atoms with Crippen LogP contribution in [0.1, 0.15) is 47.0 Å². The maximum atomic E-state index is 13.6. The van der Waals surface area contributed by atoms with Crippen LogP contribution < -0.4 is 20.4 Å². The van der Waals surface area contributed by atoms with Gasteiger partial charge >= 0.3 is 24.1 Å². The minimum atomic E-state index is -4.98. The first kappa shape index (κ1) is 76.9. The van der Waals surface area contributed by atoms with Crippen molar-refractivity contribution in [2.45, 2.75) is 6.18 Å². The van der Waals surface area contributed by atoms with E-state index in [9.17, 15) is 97.6 Å². The Hall–Kier alpha value is -13.8. The van der Waals surface area contributed by atoms with Crippen LogP contribution in [0.2, 0.25) is 0 Å². The van der Waals surface area contributed by atoms with Gasteiger partial charge < -0.3 is 40.5 Å². The molecule has 0 bridgehead atoms. The van der Waals surface area contributed by atoms with Crippen molar-refractivity contribution in [3.63, 3.8) is 0 Å². The van der Waals surface area contributed by atoms with Gasteiger partial charge in [0.25, 0.3) is 22.7 Å². The molecule has 2 atom stereocenters. The summed E-state index contributed by atoms with van der Waals surface area (Å²) in [6.07, 6.45) is -4.98. The van der Waals surface area contributed by atoms with E-state index in [-0.39, 0.29) is 43.3 Å². The number of nitro groups is 4. The predicted molar refractivity (Wildman–Crippen MR) is 382 cm³/mol. The molecule has 0 saturated carbocycles. The van der Waals surface area contributed by atoms with Gasteiger partial charge in [0.1, 0.15) is 16.6 Å². The summed E-state index contributed by atoms with van der Waals surface area (Å²) in [7, 11) is 0.117. The highest BCUT2D eigenvalue weighted by molar-refractivity contribution is 7.50. The minimum Gasteiger partial charge on any atom is -0.872 e. The number of aromatic carboxylic acids is 4. The fraction of sp³-hybridized carbons (Fsp3) is 0.0133. The average molecular weight is 1480 g/mol. The first-order chi connectivity index (χ1) is 50.0. The van der Waals surface area contributed by atoms with E-state index in [2.05, 4.69) is 181 Å². The van der Waals surface area contributed by atoms with Gasteiger partial charge in [0, 0.05) is 125 Å². The molecule has 0 radical (unpaired) electrons. The molecule has 105 heavy (non-hydrogen) atoms. The van der Waals surface area contributed by atoms with Gasteiger partial charge in [0.2, 0.25) is 0 Å². The first-order valence-electron chi connectivity index (χ1n) is 30.0. The third-order valence-corrected chi connectivity index (χ3v) is 20.9. The topological polar surface area (TPSA) is 394 Å². The van der Waals surface area contributed by atoms with Crippen molar-refractivity contribution >= 4 is 118 Å². The van der Waals surface area contributed by atoms with Crippen molar-refractivity contribution in [2.24, 2.45) is 0 Å². The number of carboxylic acid groups (broad SMARTS) is 4. The average Bonchev–Trinajstić information content (AvgIpc) is 1.60. The van der Waals surface area contributed by atoms with Crippen LogP contribution in [-0.4, -0.2) is 58.9 Å². The number of hydrogen-bond donors (Lipinski definition) is 3. The zero-order valence-corrected chi connectivity index (χ0v) is 55.9. The van der Waals surface area contributed by atoms with Gasteiger partial charge in [-0.15, -0.1) is 0 Å². The monoisotopic (exact) mass is 1480 g/mol. The lowest BCUT2D eigenvalue weighted by Crippen LogP contribution is -2.26. The second-order valence-corrected chi connectivity index (χ2v) is 26.9. The lowest BCUT2D eigenvalue weighted by atomic mass is 10.1. The van der Waals surface area contributed by atoms with E-state index in [1.54, 1.807) is 12.1 Å². The summed E-state index contributed by atoms with van der Waals surface area (Å²) in [6.45, 7) is 0. The van der Waals surface area contributed by atoms with Crippen molar-refractivity contribution in [1.29, 1.82) is 0 Å².